The first-order chi connectivity index (χ1) is 9.62. The molecule has 2 atom stereocenters. The van der Waals surface area contributed by atoms with Gasteiger partial charge in [0.2, 0.25) is 0 Å². The van der Waals surface area contributed by atoms with Crippen LogP contribution in [0.15, 0.2) is 0 Å². The minimum absolute atomic E-state index is 0.0640. The largest absolute Gasteiger partial charge is 0.469 e. The molecule has 0 saturated carbocycles. The number of piperidine rings is 1. The lowest BCUT2D eigenvalue weighted by Gasteiger charge is -2.35. The molecule has 0 bridgehead atoms. The van der Waals surface area contributed by atoms with E-state index in [9.17, 15) is 14.4 Å². The molecule has 0 radical (unpaired) electrons. The van der Waals surface area contributed by atoms with Crippen LogP contribution in [-0.4, -0.2) is 60.0 Å². The van der Waals surface area contributed by atoms with E-state index in [4.69, 9.17) is 9.84 Å². The molecule has 8 nitrogen and oxygen atoms in total. The van der Waals surface area contributed by atoms with Crippen LogP contribution < -0.4 is 5.32 Å². The molecule has 1 aliphatic heterocycles. The van der Waals surface area contributed by atoms with Gasteiger partial charge in [-0.3, -0.25) is 4.79 Å². The number of carboxylic acid groups (broad SMARTS) is 1. The molecule has 2 unspecified atom stereocenters. The molecular weight excluding hydrogens is 280 g/mol. The summed E-state index contributed by atoms with van der Waals surface area (Å²) in [6, 6.07) is -0.492. The number of methoxy groups -OCH3 is 1. The summed E-state index contributed by atoms with van der Waals surface area (Å²) in [6.07, 6.45) is -1.46. The fourth-order valence-corrected chi connectivity index (χ4v) is 2.17. The van der Waals surface area contributed by atoms with E-state index in [2.05, 4.69) is 10.1 Å². The molecule has 21 heavy (non-hydrogen) atoms. The maximum absolute atomic E-state index is 11.7. The topological polar surface area (TPSA) is 105 Å². The van der Waals surface area contributed by atoms with Gasteiger partial charge in [-0.25, -0.2) is 9.59 Å². The Labute approximate surface area is 123 Å². The highest BCUT2D eigenvalue weighted by Crippen LogP contribution is 2.19. The Kier molecular flexibility index (Phi) is 5.40. The smallest absolute Gasteiger partial charge is 0.407 e. The fraction of sp³-hybridized carbons (Fsp3) is 0.769. The van der Waals surface area contributed by atoms with Crippen LogP contribution >= 0.6 is 0 Å². The molecule has 0 aromatic heterocycles. The summed E-state index contributed by atoms with van der Waals surface area (Å²) < 4.78 is 9.78. The summed E-state index contributed by atoms with van der Waals surface area (Å²) in [6.45, 7) is 5.37. The maximum atomic E-state index is 11.7. The van der Waals surface area contributed by atoms with Gasteiger partial charge in [-0.2, -0.15) is 0 Å². The Balaban J connectivity index is 2.69. The molecule has 1 aliphatic rings. The first-order valence-corrected chi connectivity index (χ1v) is 6.67. The third-order valence-electron chi connectivity index (χ3n) is 2.98. The van der Waals surface area contributed by atoms with Crippen LogP contribution in [0.1, 0.15) is 27.2 Å². The minimum Gasteiger partial charge on any atom is -0.469 e. The summed E-state index contributed by atoms with van der Waals surface area (Å²) in [7, 11) is 1.25. The van der Waals surface area contributed by atoms with E-state index in [1.807, 2.05) is 0 Å². The van der Waals surface area contributed by atoms with Gasteiger partial charge in [0.15, 0.2) is 0 Å². The number of esters is 1. The standard InChI is InChI=1S/C13H22N2O6/c1-13(2,3)21-11(17)14-9-5-8(10(16)20-4)6-15(7-9)12(18)19/h8-9H,5-7H2,1-4H3,(H,14,17)(H,18,19). The zero-order valence-corrected chi connectivity index (χ0v) is 12.7. The SMILES string of the molecule is COC(=O)C1CC(NC(=O)OC(C)(C)C)CN(C(=O)O)C1. The molecule has 1 heterocycles. The zero-order chi connectivity index (χ0) is 16.2. The van der Waals surface area contributed by atoms with Crippen molar-refractivity contribution in [3.63, 3.8) is 0 Å². The highest BCUT2D eigenvalue weighted by Gasteiger charge is 2.35. The van der Waals surface area contributed by atoms with E-state index in [-0.39, 0.29) is 13.1 Å². The van der Waals surface area contributed by atoms with Gasteiger partial charge in [-0.05, 0) is 27.2 Å². The molecule has 2 amide bonds. The molecule has 2 N–H and O–H groups in total. The van der Waals surface area contributed by atoms with Crippen molar-refractivity contribution in [2.24, 2.45) is 5.92 Å². The van der Waals surface area contributed by atoms with E-state index >= 15 is 0 Å². The number of ether oxygens (including phenoxy) is 2. The normalized spacial score (nSPS) is 22.4. The van der Waals surface area contributed by atoms with Gasteiger partial charge in [0.05, 0.1) is 19.1 Å². The first kappa shape index (κ1) is 17.1. The summed E-state index contributed by atoms with van der Waals surface area (Å²) in [4.78, 5) is 35.5. The molecule has 0 spiro atoms. The van der Waals surface area contributed by atoms with Crippen LogP contribution in [0.25, 0.3) is 0 Å². The average Bonchev–Trinajstić information content (AvgIpc) is 2.34. The Bertz CT molecular complexity index is 417. The van der Waals surface area contributed by atoms with E-state index in [1.54, 1.807) is 20.8 Å². The van der Waals surface area contributed by atoms with Crippen LogP contribution in [0.2, 0.25) is 0 Å². The maximum Gasteiger partial charge on any atom is 0.407 e. The van der Waals surface area contributed by atoms with Crippen LogP contribution in [0.3, 0.4) is 0 Å². The Morgan fingerprint density at radius 3 is 2.33 bits per heavy atom. The number of rotatable bonds is 2. The van der Waals surface area contributed by atoms with Crippen molar-refractivity contribution in [3.8, 4) is 0 Å². The lowest BCUT2D eigenvalue weighted by atomic mass is 9.94. The second kappa shape index (κ2) is 6.64. The van der Waals surface area contributed by atoms with Crippen LogP contribution in [-0.2, 0) is 14.3 Å². The third kappa shape index (κ3) is 5.49. The van der Waals surface area contributed by atoms with Gasteiger partial charge in [-0.15, -0.1) is 0 Å². The molecule has 8 heteroatoms. The number of carbonyl (C=O) groups is 3. The molecule has 0 aromatic carbocycles. The van der Waals surface area contributed by atoms with Crippen molar-refractivity contribution in [1.82, 2.24) is 10.2 Å². The monoisotopic (exact) mass is 302 g/mol. The van der Waals surface area contributed by atoms with E-state index in [1.165, 1.54) is 7.11 Å². The lowest BCUT2D eigenvalue weighted by molar-refractivity contribution is -0.147. The second-order valence-corrected chi connectivity index (χ2v) is 5.99. The lowest BCUT2D eigenvalue weighted by Crippen LogP contribution is -2.54. The highest BCUT2D eigenvalue weighted by atomic mass is 16.6. The number of hydrogen-bond acceptors (Lipinski definition) is 5. The molecule has 1 rings (SSSR count). The van der Waals surface area contributed by atoms with Gasteiger partial charge < -0.3 is 24.8 Å². The van der Waals surface area contributed by atoms with Crippen LogP contribution in [0.4, 0.5) is 9.59 Å². The molecule has 0 aromatic rings. The van der Waals surface area contributed by atoms with Crippen molar-refractivity contribution < 1.29 is 29.0 Å². The summed E-state index contributed by atoms with van der Waals surface area (Å²) >= 11 is 0. The molecule has 1 fully saturated rings. The van der Waals surface area contributed by atoms with Crippen molar-refractivity contribution in [2.75, 3.05) is 20.2 Å². The number of nitrogens with one attached hydrogen (secondary N) is 1. The third-order valence-corrected chi connectivity index (χ3v) is 2.98. The number of hydrogen-bond donors (Lipinski definition) is 2. The van der Waals surface area contributed by atoms with Crippen LogP contribution in [0.5, 0.6) is 0 Å². The van der Waals surface area contributed by atoms with Crippen molar-refractivity contribution in [3.05, 3.63) is 0 Å². The Morgan fingerprint density at radius 1 is 1.24 bits per heavy atom. The highest BCUT2D eigenvalue weighted by molar-refractivity contribution is 5.75. The average molecular weight is 302 g/mol. The van der Waals surface area contributed by atoms with Crippen LogP contribution in [0, 0.1) is 5.92 Å². The predicted octanol–water partition coefficient (Wildman–Crippen LogP) is 1.05. The van der Waals surface area contributed by atoms with E-state index in [0.717, 1.165) is 4.90 Å². The Hall–Kier alpha value is -1.99. The van der Waals surface area contributed by atoms with E-state index in [0.29, 0.717) is 6.42 Å². The van der Waals surface area contributed by atoms with Crippen molar-refractivity contribution >= 4 is 18.2 Å². The second-order valence-electron chi connectivity index (χ2n) is 5.99. The Morgan fingerprint density at radius 2 is 1.86 bits per heavy atom. The van der Waals surface area contributed by atoms with Crippen molar-refractivity contribution in [1.29, 1.82) is 0 Å². The molecule has 120 valence electrons. The van der Waals surface area contributed by atoms with Gasteiger partial charge in [-0.1, -0.05) is 0 Å². The quantitative estimate of drug-likeness (QED) is 0.739. The predicted molar refractivity (Wildman–Crippen MR) is 72.9 cm³/mol. The van der Waals surface area contributed by atoms with Crippen molar-refractivity contribution in [2.45, 2.75) is 38.8 Å². The summed E-state index contributed by atoms with van der Waals surface area (Å²) in [5.41, 5.74) is -0.646. The summed E-state index contributed by atoms with van der Waals surface area (Å²) in [5, 5.41) is 11.7. The number of alkyl carbamates (subject to hydrolysis) is 1. The fourth-order valence-electron chi connectivity index (χ4n) is 2.17. The van der Waals surface area contributed by atoms with Gasteiger partial charge in [0.25, 0.3) is 0 Å². The van der Waals surface area contributed by atoms with Gasteiger partial charge in [0.1, 0.15) is 5.60 Å². The number of likely N-dealkylation sites (tertiary alicyclic amines) is 1. The first-order valence-electron chi connectivity index (χ1n) is 6.67. The molecule has 1 saturated heterocycles. The number of carbonyl (C=O) groups excluding carboxylic acids is 2. The number of amides is 2. The zero-order valence-electron chi connectivity index (χ0n) is 12.7. The summed E-state index contributed by atoms with van der Waals surface area (Å²) in [5.74, 6) is -1.09. The molecular formula is C13H22N2O6. The minimum atomic E-state index is -1.14. The van der Waals surface area contributed by atoms with E-state index < -0.39 is 35.7 Å². The molecule has 0 aliphatic carbocycles. The van der Waals surface area contributed by atoms with Gasteiger partial charge >= 0.3 is 18.2 Å². The van der Waals surface area contributed by atoms with Gasteiger partial charge in [0, 0.05) is 13.1 Å². The number of nitrogens with zero attached hydrogens (tertiary/aromatic N) is 1.